The topological polar surface area (TPSA) is 138 Å². The Balaban J connectivity index is 1.20. The molecule has 1 aliphatic heterocycles. The number of nitriles is 1. The average molecular weight is 748 g/mol. The highest BCUT2D eigenvalue weighted by molar-refractivity contribution is 6.34. The fourth-order valence-electron chi connectivity index (χ4n) is 6.26. The third kappa shape index (κ3) is 9.14. The van der Waals surface area contributed by atoms with Crippen molar-refractivity contribution in [3.63, 3.8) is 0 Å². The van der Waals surface area contributed by atoms with Gasteiger partial charge in [0.1, 0.15) is 24.5 Å². The Morgan fingerprint density at radius 2 is 1.87 bits per heavy atom. The summed E-state index contributed by atoms with van der Waals surface area (Å²) < 4.78 is 19.9. The highest BCUT2D eigenvalue weighted by Gasteiger charge is 2.29. The molecule has 1 unspecified atom stereocenters. The number of aliphatic hydroxyl groups is 2. The van der Waals surface area contributed by atoms with E-state index in [1.807, 2.05) is 24.3 Å². The molecule has 52 heavy (non-hydrogen) atoms. The van der Waals surface area contributed by atoms with Gasteiger partial charge >= 0.3 is 5.97 Å². The first-order valence-corrected chi connectivity index (χ1v) is 17.9. The molecule has 0 radical (unpaired) electrons. The number of fused-ring (bicyclic) bond motifs is 1. The Morgan fingerprint density at radius 1 is 1.06 bits per heavy atom. The molecule has 0 saturated carbocycles. The van der Waals surface area contributed by atoms with E-state index in [0.717, 1.165) is 51.8 Å². The smallest absolute Gasteiger partial charge is 0.331 e. The number of hydrogen-bond donors (Lipinski definition) is 2. The zero-order valence-corrected chi connectivity index (χ0v) is 30.2. The van der Waals surface area contributed by atoms with E-state index in [1.54, 1.807) is 37.4 Å². The molecule has 2 aliphatic rings. The number of hydroxylamine groups is 1. The van der Waals surface area contributed by atoms with Gasteiger partial charge in [0.05, 0.1) is 42.4 Å². The van der Waals surface area contributed by atoms with Crippen molar-refractivity contribution in [1.82, 2.24) is 14.5 Å². The number of nitrogens with zero attached hydrogens (tertiary/aromatic N) is 4. The molecule has 2 atom stereocenters. The fraction of sp³-hybridized carbons (Fsp3) is 0.359. The van der Waals surface area contributed by atoms with E-state index in [1.165, 1.54) is 6.20 Å². The molecule has 272 valence electrons. The maximum atomic E-state index is 12.2. The Kier molecular flexibility index (Phi) is 12.5. The van der Waals surface area contributed by atoms with Crippen LogP contribution in [0.3, 0.4) is 0 Å². The zero-order valence-electron chi connectivity index (χ0n) is 28.7. The summed E-state index contributed by atoms with van der Waals surface area (Å²) >= 11 is 13.2. The molecule has 1 saturated heterocycles. The van der Waals surface area contributed by atoms with Crippen LogP contribution in [0.25, 0.3) is 11.1 Å². The van der Waals surface area contributed by atoms with Crippen LogP contribution in [0, 0.1) is 17.2 Å². The summed E-state index contributed by atoms with van der Waals surface area (Å²) in [5.41, 5.74) is 5.91. The molecule has 13 heteroatoms. The van der Waals surface area contributed by atoms with Crippen LogP contribution >= 0.6 is 23.4 Å². The minimum Gasteiger partial charge on any atom is -0.492 e. The minimum atomic E-state index is -0.723. The molecule has 2 N–H and O–H groups in total. The molecule has 6 rings (SSSR count). The predicted molar refractivity (Wildman–Crippen MR) is 195 cm³/mol. The van der Waals surface area contributed by atoms with E-state index >= 15 is 0 Å². The molecule has 11 nitrogen and oxygen atoms in total. The van der Waals surface area contributed by atoms with Crippen LogP contribution in [0.4, 0.5) is 0 Å². The molecular weight excluding hydrogens is 707 g/mol. The number of halogens is 2. The predicted octanol–water partition coefficient (Wildman–Crippen LogP) is 6.41. The van der Waals surface area contributed by atoms with Crippen molar-refractivity contribution in [3.05, 3.63) is 106 Å². The Morgan fingerprint density at radius 3 is 2.65 bits per heavy atom. The van der Waals surface area contributed by atoms with Crippen LogP contribution < -0.4 is 14.2 Å². The molecule has 0 bridgehead atoms. The van der Waals surface area contributed by atoms with Crippen LogP contribution in [0.5, 0.6) is 17.2 Å². The molecule has 0 amide bonds. The Labute approximate surface area is 312 Å². The number of benzene rings is 3. The molecular formula is C39H40Cl2N4O7. The lowest BCUT2D eigenvalue weighted by Crippen LogP contribution is -2.50. The van der Waals surface area contributed by atoms with E-state index in [2.05, 4.69) is 28.1 Å². The number of β-amino-alcohol motifs (C(OH)–C–C–N with tert-alkyl or cyclic N) is 1. The Bertz CT molecular complexity index is 1920. The molecule has 0 spiro atoms. The highest BCUT2D eigenvalue weighted by Crippen LogP contribution is 2.45. The number of carbonyl (C=O) groups excluding carboxylic acids is 1. The highest BCUT2D eigenvalue weighted by atomic mass is 35.5. The molecule has 4 aromatic rings. The van der Waals surface area contributed by atoms with Gasteiger partial charge in [-0.25, -0.2) is 4.79 Å². The van der Waals surface area contributed by atoms with Crippen molar-refractivity contribution in [2.75, 3.05) is 32.8 Å². The van der Waals surface area contributed by atoms with E-state index < -0.39 is 11.9 Å². The summed E-state index contributed by atoms with van der Waals surface area (Å²) in [5, 5.41) is 28.7. The number of likely N-dealkylation sites (tertiary alicyclic amines) is 1. The van der Waals surface area contributed by atoms with Crippen molar-refractivity contribution in [2.45, 2.75) is 51.5 Å². The van der Waals surface area contributed by atoms with Crippen LogP contribution in [-0.2, 0) is 29.2 Å². The molecule has 1 fully saturated rings. The summed E-state index contributed by atoms with van der Waals surface area (Å²) in [6, 6.07) is 21.1. The number of hydrogen-bond acceptors (Lipinski definition) is 11. The SMILES string of the molecule is CC(CO)C(=O)ON(Cl)Cc1ccc(OCc2cncc(C#N)c2)c(O[C@H]2CCc3c(-c4cccc(OCCCN5CC(O)C5)c4Cl)cccc32)c1. The molecule has 2 heterocycles. The second kappa shape index (κ2) is 17.4. The van der Waals surface area contributed by atoms with E-state index in [4.69, 9.17) is 42.4 Å². The van der Waals surface area contributed by atoms with Gasteiger partial charge in [-0.15, -0.1) is 0 Å². The molecule has 3 aromatic carbocycles. The maximum absolute atomic E-state index is 12.2. The third-order valence-corrected chi connectivity index (χ3v) is 9.63. The van der Waals surface area contributed by atoms with Crippen molar-refractivity contribution >= 4 is 29.3 Å². The summed E-state index contributed by atoms with van der Waals surface area (Å²) in [6.45, 7) is 4.19. The van der Waals surface area contributed by atoms with Crippen molar-refractivity contribution in [1.29, 1.82) is 5.26 Å². The summed E-state index contributed by atoms with van der Waals surface area (Å²) in [7, 11) is 0. The first-order valence-electron chi connectivity index (χ1n) is 17.2. The summed E-state index contributed by atoms with van der Waals surface area (Å²) in [6.07, 6.45) is 4.92. The Hall–Kier alpha value is -4.41. The quantitative estimate of drug-likeness (QED) is 0.0748. The molecule has 1 aromatic heterocycles. The van der Waals surface area contributed by atoms with E-state index in [9.17, 15) is 20.3 Å². The number of carbonyl (C=O) groups is 1. The maximum Gasteiger partial charge on any atom is 0.331 e. The van der Waals surface area contributed by atoms with Crippen LogP contribution in [0.2, 0.25) is 5.02 Å². The zero-order chi connectivity index (χ0) is 36.6. The number of rotatable bonds is 16. The van der Waals surface area contributed by atoms with Gasteiger partial charge in [0.2, 0.25) is 0 Å². The van der Waals surface area contributed by atoms with Gasteiger partial charge in [0.15, 0.2) is 11.5 Å². The third-order valence-electron chi connectivity index (χ3n) is 9.05. The van der Waals surface area contributed by atoms with Crippen molar-refractivity contribution < 1.29 is 34.1 Å². The number of pyridine rings is 1. The van der Waals surface area contributed by atoms with E-state index in [-0.39, 0.29) is 32.0 Å². The second-order valence-electron chi connectivity index (χ2n) is 13.0. The van der Waals surface area contributed by atoms with Gasteiger partial charge in [-0.05, 0) is 77.3 Å². The monoisotopic (exact) mass is 746 g/mol. The van der Waals surface area contributed by atoms with Gasteiger partial charge in [-0.1, -0.05) is 48.0 Å². The second-order valence-corrected chi connectivity index (χ2v) is 13.7. The normalized spacial score (nSPS) is 16.1. The van der Waals surface area contributed by atoms with Crippen molar-refractivity contribution in [3.8, 4) is 34.4 Å². The van der Waals surface area contributed by atoms with Gasteiger partial charge in [0.25, 0.3) is 0 Å². The average Bonchev–Trinajstić information content (AvgIpc) is 3.55. The number of aliphatic hydroxyl groups excluding tert-OH is 2. The van der Waals surface area contributed by atoms with Crippen molar-refractivity contribution in [2.24, 2.45) is 5.92 Å². The van der Waals surface area contributed by atoms with Crippen LogP contribution in [0.15, 0.2) is 73.1 Å². The number of aromatic nitrogens is 1. The standard InChI is InChI=1S/C39H40Cl2N4O7/c1-25(23-46)39(48)52-45(41)20-26-9-11-35(50-24-28-15-27(17-42)18-43-19-28)37(16-26)51-34-12-10-31-30(5-2-6-32(31)34)33-7-3-8-36(38(33)40)49-14-4-13-44-21-29(47)22-44/h2-3,5-9,11,15-16,18-19,25,29,34,46-47H,4,10,12-14,20-24H2,1H3/t25?,34-/m0/s1. The van der Waals surface area contributed by atoms with Crippen LogP contribution in [-0.4, -0.2) is 69.6 Å². The van der Waals surface area contributed by atoms with E-state index in [0.29, 0.717) is 59.5 Å². The first kappa shape index (κ1) is 37.4. The van der Waals surface area contributed by atoms with Gasteiger partial charge < -0.3 is 29.3 Å². The summed E-state index contributed by atoms with van der Waals surface area (Å²) in [5.74, 6) is 0.192. The van der Waals surface area contributed by atoms with Gasteiger partial charge in [-0.3, -0.25) is 9.88 Å². The number of ether oxygens (including phenoxy) is 3. The lowest BCUT2D eigenvalue weighted by molar-refractivity contribution is -0.176. The lowest BCUT2D eigenvalue weighted by Gasteiger charge is -2.35. The van der Waals surface area contributed by atoms with Crippen LogP contribution in [0.1, 0.15) is 53.7 Å². The van der Waals surface area contributed by atoms with Gasteiger partial charge in [0, 0.05) is 54.9 Å². The first-order chi connectivity index (χ1) is 25.2. The fourth-order valence-corrected chi connectivity index (χ4v) is 6.75. The summed E-state index contributed by atoms with van der Waals surface area (Å²) in [4.78, 5) is 23.7. The molecule has 1 aliphatic carbocycles. The lowest BCUT2D eigenvalue weighted by atomic mass is 9.96. The largest absolute Gasteiger partial charge is 0.492 e. The minimum absolute atomic E-state index is 0.0416. The van der Waals surface area contributed by atoms with Gasteiger partial charge in [-0.2, -0.15) is 5.26 Å².